The second-order valence-corrected chi connectivity index (χ2v) is 4.83. The Kier molecular flexibility index (Phi) is 2.92. The van der Waals surface area contributed by atoms with Crippen molar-refractivity contribution in [3.05, 3.63) is 34.7 Å². The minimum atomic E-state index is -0.519. The molecule has 3 aromatic rings. The number of thiazole rings is 1. The van der Waals surface area contributed by atoms with Gasteiger partial charge in [-0.15, -0.1) is 11.3 Å². The molecule has 0 aliphatic rings. The number of esters is 1. The van der Waals surface area contributed by atoms with Gasteiger partial charge in [0.1, 0.15) is 4.83 Å². The topological polar surface area (TPSA) is 69.4 Å². The highest BCUT2D eigenvalue weighted by Gasteiger charge is 2.18. The van der Waals surface area contributed by atoms with E-state index in [0.29, 0.717) is 16.5 Å². The van der Waals surface area contributed by atoms with Crippen molar-refractivity contribution in [3.8, 4) is 11.4 Å². The third-order valence-corrected chi connectivity index (χ3v) is 3.62. The average molecular weight is 295 g/mol. The summed E-state index contributed by atoms with van der Waals surface area (Å²) in [6, 6.07) is 1.48. The highest BCUT2D eigenvalue weighted by molar-refractivity contribution is 7.16. The first-order chi connectivity index (χ1) is 9.20. The monoisotopic (exact) mass is 294 g/mol. The average Bonchev–Trinajstić information content (AvgIpc) is 2.97. The van der Waals surface area contributed by atoms with Gasteiger partial charge in [-0.05, 0) is 6.07 Å². The zero-order valence-corrected chi connectivity index (χ0v) is 11.3. The van der Waals surface area contributed by atoms with Crippen LogP contribution >= 0.6 is 22.9 Å². The smallest absolute Gasteiger partial charge is 0.356 e. The fraction of sp³-hybridized carbons (Fsp3) is 0.0909. The Morgan fingerprint density at radius 3 is 3.16 bits per heavy atom. The lowest BCUT2D eigenvalue weighted by Gasteiger charge is -2.00. The molecule has 0 aromatic carbocycles. The fourth-order valence-corrected chi connectivity index (χ4v) is 2.78. The van der Waals surface area contributed by atoms with Crippen molar-refractivity contribution in [1.82, 2.24) is 19.6 Å². The van der Waals surface area contributed by atoms with E-state index in [1.807, 2.05) is 5.38 Å². The zero-order valence-electron chi connectivity index (χ0n) is 9.70. The van der Waals surface area contributed by atoms with Gasteiger partial charge in [0.05, 0.1) is 12.7 Å². The maximum Gasteiger partial charge on any atom is 0.356 e. The van der Waals surface area contributed by atoms with E-state index < -0.39 is 5.97 Å². The molecular weight excluding hydrogens is 288 g/mol. The Morgan fingerprint density at radius 2 is 2.37 bits per heavy atom. The van der Waals surface area contributed by atoms with E-state index in [1.165, 1.54) is 30.7 Å². The van der Waals surface area contributed by atoms with Crippen LogP contribution in [0, 0.1) is 0 Å². The fourth-order valence-electron chi connectivity index (χ4n) is 1.64. The number of hydrogen-bond acceptors (Lipinski definition) is 6. The van der Waals surface area contributed by atoms with Crippen LogP contribution < -0.4 is 0 Å². The molecule has 0 aliphatic heterocycles. The third-order valence-electron chi connectivity index (χ3n) is 2.48. The highest BCUT2D eigenvalue weighted by Crippen LogP contribution is 2.31. The largest absolute Gasteiger partial charge is 0.464 e. The quantitative estimate of drug-likeness (QED) is 0.678. The first-order valence-electron chi connectivity index (χ1n) is 5.24. The van der Waals surface area contributed by atoms with Crippen molar-refractivity contribution in [2.75, 3.05) is 7.11 Å². The Labute approximate surface area is 116 Å². The summed E-state index contributed by atoms with van der Waals surface area (Å²) >= 11 is 7.56. The van der Waals surface area contributed by atoms with Crippen molar-refractivity contribution in [3.63, 3.8) is 0 Å². The number of hydrogen-bond donors (Lipinski definition) is 0. The molecule has 3 heterocycles. The summed E-state index contributed by atoms with van der Waals surface area (Å²) in [7, 11) is 1.30. The van der Waals surface area contributed by atoms with Gasteiger partial charge < -0.3 is 4.74 Å². The maximum atomic E-state index is 11.5. The summed E-state index contributed by atoms with van der Waals surface area (Å²) < 4.78 is 6.28. The van der Waals surface area contributed by atoms with Crippen molar-refractivity contribution < 1.29 is 9.53 Å². The molecule has 96 valence electrons. The summed E-state index contributed by atoms with van der Waals surface area (Å²) in [4.78, 5) is 20.6. The standard InChI is InChI=1S/C11H7ClN4O2S/c1-18-11(17)6-2-3-13-9(14-6)7-8(12)15-16-4-5-19-10(7)16/h2-5H,1H3. The molecule has 0 saturated heterocycles. The number of methoxy groups -OCH3 is 1. The molecular formula is C11H7ClN4O2S. The van der Waals surface area contributed by atoms with Crippen molar-refractivity contribution in [1.29, 1.82) is 0 Å². The molecule has 0 unspecified atom stereocenters. The van der Waals surface area contributed by atoms with Crippen LogP contribution in [0.5, 0.6) is 0 Å². The molecule has 8 heteroatoms. The van der Waals surface area contributed by atoms with Crippen molar-refractivity contribution in [2.24, 2.45) is 0 Å². The molecule has 0 bridgehead atoms. The summed E-state index contributed by atoms with van der Waals surface area (Å²) in [5.41, 5.74) is 0.793. The van der Waals surface area contributed by atoms with Crippen LogP contribution in [0.25, 0.3) is 16.2 Å². The molecule has 0 amide bonds. The summed E-state index contributed by atoms with van der Waals surface area (Å²) in [5.74, 6) is -0.167. The minimum absolute atomic E-state index is 0.180. The molecule has 3 rings (SSSR count). The van der Waals surface area contributed by atoms with Crippen LogP contribution in [0.4, 0.5) is 0 Å². The van der Waals surface area contributed by atoms with Gasteiger partial charge in [-0.2, -0.15) is 5.10 Å². The van der Waals surface area contributed by atoms with Crippen molar-refractivity contribution in [2.45, 2.75) is 0 Å². The lowest BCUT2D eigenvalue weighted by atomic mass is 10.3. The van der Waals surface area contributed by atoms with Gasteiger partial charge in [0.25, 0.3) is 0 Å². The summed E-state index contributed by atoms with van der Waals surface area (Å²) in [6.07, 6.45) is 3.28. The van der Waals surface area contributed by atoms with Gasteiger partial charge >= 0.3 is 5.97 Å². The van der Waals surface area contributed by atoms with Gasteiger partial charge in [-0.1, -0.05) is 11.6 Å². The van der Waals surface area contributed by atoms with Crippen LogP contribution in [0.1, 0.15) is 10.5 Å². The van der Waals surface area contributed by atoms with E-state index in [2.05, 4.69) is 19.8 Å². The second-order valence-electron chi connectivity index (χ2n) is 3.58. The van der Waals surface area contributed by atoms with Crippen LogP contribution in [0.2, 0.25) is 5.15 Å². The van der Waals surface area contributed by atoms with E-state index >= 15 is 0 Å². The molecule has 0 fully saturated rings. The molecule has 0 aliphatic carbocycles. The number of aromatic nitrogens is 4. The van der Waals surface area contributed by atoms with Crippen LogP contribution in [0.3, 0.4) is 0 Å². The first-order valence-corrected chi connectivity index (χ1v) is 6.49. The van der Waals surface area contributed by atoms with Crippen LogP contribution in [0.15, 0.2) is 23.8 Å². The summed E-state index contributed by atoms with van der Waals surface area (Å²) in [5, 5.41) is 6.32. The van der Waals surface area contributed by atoms with E-state index in [1.54, 1.807) is 10.7 Å². The lowest BCUT2D eigenvalue weighted by Crippen LogP contribution is -2.05. The van der Waals surface area contributed by atoms with E-state index in [9.17, 15) is 4.79 Å². The van der Waals surface area contributed by atoms with Gasteiger partial charge in [0.15, 0.2) is 16.7 Å². The summed E-state index contributed by atoms with van der Waals surface area (Å²) in [6.45, 7) is 0. The number of carbonyl (C=O) groups is 1. The number of nitrogens with zero attached hydrogens (tertiary/aromatic N) is 4. The lowest BCUT2D eigenvalue weighted by molar-refractivity contribution is 0.0594. The highest BCUT2D eigenvalue weighted by atomic mass is 35.5. The predicted molar refractivity (Wildman–Crippen MR) is 70.4 cm³/mol. The second kappa shape index (κ2) is 4.60. The van der Waals surface area contributed by atoms with Gasteiger partial charge in [-0.3, -0.25) is 0 Å². The molecule has 0 N–H and O–H groups in total. The molecule has 0 saturated carbocycles. The molecule has 3 aromatic heterocycles. The minimum Gasteiger partial charge on any atom is -0.464 e. The molecule has 6 nitrogen and oxygen atoms in total. The molecule has 0 radical (unpaired) electrons. The Bertz CT molecular complexity index is 767. The van der Waals surface area contributed by atoms with E-state index in [-0.39, 0.29) is 5.69 Å². The number of carbonyl (C=O) groups excluding carboxylic acids is 1. The molecule has 0 spiro atoms. The first kappa shape index (κ1) is 12.1. The van der Waals surface area contributed by atoms with Gasteiger partial charge in [-0.25, -0.2) is 19.3 Å². The predicted octanol–water partition coefficient (Wildman–Crippen LogP) is 2.29. The third kappa shape index (κ3) is 1.96. The Hall–Kier alpha value is -1.99. The SMILES string of the molecule is COC(=O)c1ccnc(-c2c(Cl)nn3ccsc23)n1. The number of ether oxygens (including phenoxy) is 1. The number of fused-ring (bicyclic) bond motifs is 1. The number of halogens is 1. The van der Waals surface area contributed by atoms with Crippen molar-refractivity contribution >= 4 is 33.7 Å². The van der Waals surface area contributed by atoms with Gasteiger partial charge in [0.2, 0.25) is 0 Å². The zero-order chi connectivity index (χ0) is 13.4. The number of rotatable bonds is 2. The Balaban J connectivity index is 2.18. The Morgan fingerprint density at radius 1 is 1.53 bits per heavy atom. The van der Waals surface area contributed by atoms with E-state index in [4.69, 9.17) is 11.6 Å². The van der Waals surface area contributed by atoms with Crippen LogP contribution in [-0.4, -0.2) is 32.7 Å². The maximum absolute atomic E-state index is 11.5. The normalized spacial score (nSPS) is 10.8. The molecule has 0 atom stereocenters. The van der Waals surface area contributed by atoms with Gasteiger partial charge in [0, 0.05) is 17.8 Å². The van der Waals surface area contributed by atoms with E-state index in [0.717, 1.165) is 4.83 Å². The molecule has 19 heavy (non-hydrogen) atoms. The van der Waals surface area contributed by atoms with Crippen LogP contribution in [-0.2, 0) is 4.74 Å².